The summed E-state index contributed by atoms with van der Waals surface area (Å²) < 4.78 is 5.58. The number of guanidine groups is 1. The van der Waals surface area contributed by atoms with Crippen LogP contribution in [0.15, 0.2) is 33.2 Å². The molecule has 6 heteroatoms. The molecular formula is C18H24N4OS. The van der Waals surface area contributed by atoms with E-state index < -0.39 is 0 Å². The summed E-state index contributed by atoms with van der Waals surface area (Å²) in [5.41, 5.74) is 0.913. The van der Waals surface area contributed by atoms with Crippen LogP contribution in [-0.4, -0.2) is 36.0 Å². The fraction of sp³-hybridized carbons (Fsp3) is 0.556. The van der Waals surface area contributed by atoms with Crippen LogP contribution < -0.4 is 5.32 Å². The molecule has 128 valence electrons. The van der Waals surface area contributed by atoms with Gasteiger partial charge in [-0.1, -0.05) is 18.9 Å². The molecule has 1 N–H and O–H groups in total. The SMILES string of the molecule is CN=C(NCc1coc(-c2cccs2)n1)N1CC2CCCCC2C1. The van der Waals surface area contributed by atoms with Crippen LogP contribution in [0.5, 0.6) is 0 Å². The molecule has 0 bridgehead atoms. The number of rotatable bonds is 3. The van der Waals surface area contributed by atoms with Gasteiger partial charge in [0.1, 0.15) is 6.26 Å². The predicted molar refractivity (Wildman–Crippen MR) is 97.0 cm³/mol. The third kappa shape index (κ3) is 3.20. The number of aromatic nitrogens is 1. The number of nitrogens with one attached hydrogen (secondary N) is 1. The number of nitrogens with zero attached hydrogens (tertiary/aromatic N) is 3. The van der Waals surface area contributed by atoms with Gasteiger partial charge in [-0.3, -0.25) is 4.99 Å². The average Bonchev–Trinajstić information content (AvgIpc) is 3.35. The Hall–Kier alpha value is -1.82. The Labute approximate surface area is 146 Å². The molecule has 2 fully saturated rings. The highest BCUT2D eigenvalue weighted by Gasteiger charge is 2.35. The zero-order chi connectivity index (χ0) is 16.4. The molecular weight excluding hydrogens is 320 g/mol. The summed E-state index contributed by atoms with van der Waals surface area (Å²) in [5, 5.41) is 5.49. The zero-order valence-corrected chi connectivity index (χ0v) is 14.9. The molecule has 0 radical (unpaired) electrons. The normalized spacial score (nSPS) is 24.2. The molecule has 1 saturated carbocycles. The van der Waals surface area contributed by atoms with E-state index in [1.54, 1.807) is 17.6 Å². The van der Waals surface area contributed by atoms with Crippen LogP contribution in [0, 0.1) is 11.8 Å². The first-order valence-electron chi connectivity index (χ1n) is 8.77. The lowest BCUT2D eigenvalue weighted by Gasteiger charge is -2.22. The molecule has 2 aromatic rings. The Morgan fingerprint density at radius 3 is 2.83 bits per heavy atom. The van der Waals surface area contributed by atoms with Crippen molar-refractivity contribution in [2.45, 2.75) is 32.2 Å². The lowest BCUT2D eigenvalue weighted by atomic mass is 9.82. The van der Waals surface area contributed by atoms with Gasteiger partial charge < -0.3 is 14.6 Å². The highest BCUT2D eigenvalue weighted by atomic mass is 32.1. The maximum Gasteiger partial charge on any atom is 0.236 e. The van der Waals surface area contributed by atoms with Crippen LogP contribution in [0.25, 0.3) is 10.8 Å². The van der Waals surface area contributed by atoms with E-state index >= 15 is 0 Å². The van der Waals surface area contributed by atoms with Crippen molar-refractivity contribution in [3.05, 3.63) is 29.5 Å². The third-order valence-corrected chi connectivity index (χ3v) is 6.06. The van der Waals surface area contributed by atoms with Gasteiger partial charge in [0, 0.05) is 20.1 Å². The van der Waals surface area contributed by atoms with Gasteiger partial charge in [-0.25, -0.2) is 4.98 Å². The molecule has 0 amide bonds. The smallest absolute Gasteiger partial charge is 0.236 e. The molecule has 0 spiro atoms. The number of aliphatic imine (C=N–C) groups is 1. The highest BCUT2D eigenvalue weighted by Crippen LogP contribution is 2.36. The minimum atomic E-state index is 0.646. The zero-order valence-electron chi connectivity index (χ0n) is 14.1. The van der Waals surface area contributed by atoms with Crippen molar-refractivity contribution >= 4 is 17.3 Å². The summed E-state index contributed by atoms with van der Waals surface area (Å²) >= 11 is 1.64. The molecule has 2 aromatic heterocycles. The summed E-state index contributed by atoms with van der Waals surface area (Å²) in [7, 11) is 1.87. The molecule has 2 atom stereocenters. The van der Waals surface area contributed by atoms with Crippen LogP contribution in [0.1, 0.15) is 31.4 Å². The van der Waals surface area contributed by atoms with Crippen LogP contribution >= 0.6 is 11.3 Å². The molecule has 2 aliphatic rings. The molecule has 2 unspecified atom stereocenters. The van der Waals surface area contributed by atoms with Crippen molar-refractivity contribution in [2.24, 2.45) is 16.8 Å². The Kier molecular flexibility index (Phi) is 4.56. The number of thiophene rings is 1. The van der Waals surface area contributed by atoms with Gasteiger partial charge in [0.2, 0.25) is 5.89 Å². The van der Waals surface area contributed by atoms with Gasteiger partial charge in [-0.05, 0) is 36.1 Å². The van der Waals surface area contributed by atoms with Crippen molar-refractivity contribution in [3.63, 3.8) is 0 Å². The van der Waals surface area contributed by atoms with E-state index in [1.807, 2.05) is 24.6 Å². The molecule has 0 aromatic carbocycles. The Morgan fingerprint density at radius 2 is 2.17 bits per heavy atom. The van der Waals surface area contributed by atoms with E-state index in [-0.39, 0.29) is 0 Å². The minimum absolute atomic E-state index is 0.646. The molecule has 1 aliphatic carbocycles. The number of hydrogen-bond donors (Lipinski definition) is 1. The van der Waals surface area contributed by atoms with E-state index in [0.29, 0.717) is 12.4 Å². The summed E-state index contributed by atoms with van der Waals surface area (Å²) in [6.45, 7) is 2.93. The largest absolute Gasteiger partial charge is 0.443 e. The van der Waals surface area contributed by atoms with Gasteiger partial charge in [0.15, 0.2) is 5.96 Å². The van der Waals surface area contributed by atoms with Gasteiger partial charge in [0.05, 0.1) is 17.1 Å². The monoisotopic (exact) mass is 344 g/mol. The standard InChI is InChI=1S/C18H24N4OS/c1-19-18(22-10-13-5-2-3-6-14(13)11-22)20-9-15-12-23-17(21-15)16-7-4-8-24-16/h4,7-8,12-14H,2-3,5-6,9-11H2,1H3,(H,19,20). The Balaban J connectivity index is 1.36. The number of oxazole rings is 1. The average molecular weight is 344 g/mol. The fourth-order valence-electron chi connectivity index (χ4n) is 3.98. The quantitative estimate of drug-likeness (QED) is 0.683. The molecule has 4 rings (SSSR count). The van der Waals surface area contributed by atoms with Gasteiger partial charge in [-0.15, -0.1) is 11.3 Å². The van der Waals surface area contributed by atoms with Crippen molar-refractivity contribution in [1.82, 2.24) is 15.2 Å². The second-order valence-corrected chi connectivity index (χ2v) is 7.68. The first-order chi connectivity index (χ1) is 11.8. The second kappa shape index (κ2) is 6.97. The van der Waals surface area contributed by atoms with E-state index in [9.17, 15) is 0 Å². The topological polar surface area (TPSA) is 53.7 Å². The highest BCUT2D eigenvalue weighted by molar-refractivity contribution is 7.13. The van der Waals surface area contributed by atoms with E-state index in [4.69, 9.17) is 4.42 Å². The molecule has 5 nitrogen and oxygen atoms in total. The Morgan fingerprint density at radius 1 is 1.38 bits per heavy atom. The second-order valence-electron chi connectivity index (χ2n) is 6.73. The fourth-order valence-corrected chi connectivity index (χ4v) is 4.64. The van der Waals surface area contributed by atoms with Crippen LogP contribution in [0.3, 0.4) is 0 Å². The summed E-state index contributed by atoms with van der Waals surface area (Å²) in [4.78, 5) is 12.5. The maximum atomic E-state index is 5.58. The minimum Gasteiger partial charge on any atom is -0.443 e. The van der Waals surface area contributed by atoms with Gasteiger partial charge in [0.25, 0.3) is 0 Å². The van der Waals surface area contributed by atoms with E-state index in [1.165, 1.54) is 25.7 Å². The first kappa shape index (κ1) is 15.7. The number of likely N-dealkylation sites (tertiary alicyclic amines) is 1. The van der Waals surface area contributed by atoms with E-state index in [0.717, 1.165) is 41.5 Å². The molecule has 24 heavy (non-hydrogen) atoms. The number of fused-ring (bicyclic) bond motifs is 1. The van der Waals surface area contributed by atoms with Crippen molar-refractivity contribution in [3.8, 4) is 10.8 Å². The predicted octanol–water partition coefficient (Wildman–Crippen LogP) is 3.60. The maximum absolute atomic E-state index is 5.58. The van der Waals surface area contributed by atoms with E-state index in [2.05, 4.69) is 20.2 Å². The van der Waals surface area contributed by atoms with Crippen LogP contribution in [-0.2, 0) is 6.54 Å². The summed E-state index contributed by atoms with van der Waals surface area (Å²) in [6.07, 6.45) is 7.28. The first-order valence-corrected chi connectivity index (χ1v) is 9.65. The summed E-state index contributed by atoms with van der Waals surface area (Å²) in [5.74, 6) is 3.40. The third-order valence-electron chi connectivity index (χ3n) is 5.20. The molecule has 1 saturated heterocycles. The lowest BCUT2D eigenvalue weighted by Crippen LogP contribution is -2.39. The number of hydrogen-bond acceptors (Lipinski definition) is 4. The lowest BCUT2D eigenvalue weighted by molar-refractivity contribution is 0.299. The molecule has 3 heterocycles. The van der Waals surface area contributed by atoms with Crippen LogP contribution in [0.4, 0.5) is 0 Å². The van der Waals surface area contributed by atoms with Gasteiger partial charge in [-0.2, -0.15) is 0 Å². The van der Waals surface area contributed by atoms with Crippen molar-refractivity contribution < 1.29 is 4.42 Å². The Bertz CT molecular complexity index is 680. The van der Waals surface area contributed by atoms with Crippen LogP contribution in [0.2, 0.25) is 0 Å². The summed E-state index contributed by atoms with van der Waals surface area (Å²) in [6, 6.07) is 4.04. The van der Waals surface area contributed by atoms with Gasteiger partial charge >= 0.3 is 0 Å². The molecule has 1 aliphatic heterocycles. The van der Waals surface area contributed by atoms with Crippen molar-refractivity contribution in [1.29, 1.82) is 0 Å². The van der Waals surface area contributed by atoms with Crippen molar-refractivity contribution in [2.75, 3.05) is 20.1 Å².